The van der Waals surface area contributed by atoms with Gasteiger partial charge in [0.2, 0.25) is 0 Å². The van der Waals surface area contributed by atoms with E-state index in [-0.39, 0.29) is 11.9 Å². The Hall–Kier alpha value is -3.81. The predicted molar refractivity (Wildman–Crippen MR) is 120 cm³/mol. The van der Waals surface area contributed by atoms with Crippen molar-refractivity contribution in [3.63, 3.8) is 0 Å². The van der Waals surface area contributed by atoms with Crippen LogP contribution in [0.5, 0.6) is 0 Å². The van der Waals surface area contributed by atoms with E-state index in [2.05, 4.69) is 35.2 Å². The number of rotatable bonds is 5. The molecular formula is C24H23N7O. The molecule has 1 aliphatic carbocycles. The molecule has 6 rings (SSSR count). The Morgan fingerprint density at radius 1 is 1.09 bits per heavy atom. The Kier molecular flexibility index (Phi) is 4.21. The molecule has 0 N–H and O–H groups in total. The van der Waals surface area contributed by atoms with E-state index in [0.717, 1.165) is 16.9 Å². The summed E-state index contributed by atoms with van der Waals surface area (Å²) in [5.41, 5.74) is 4.49. The summed E-state index contributed by atoms with van der Waals surface area (Å²) < 4.78 is 3.97. The van der Waals surface area contributed by atoms with Crippen molar-refractivity contribution in [3.8, 4) is 17.2 Å². The molecule has 32 heavy (non-hydrogen) atoms. The molecule has 1 amide bonds. The largest absolute Gasteiger partial charge is 0.310 e. The van der Waals surface area contributed by atoms with Gasteiger partial charge in [0.15, 0.2) is 5.82 Å². The topological polar surface area (TPSA) is 81.7 Å². The van der Waals surface area contributed by atoms with E-state index in [1.807, 2.05) is 51.9 Å². The number of aromatic nitrogens is 6. The molecule has 0 bridgehead atoms. The Bertz CT molecular complexity index is 1330. The highest BCUT2D eigenvalue weighted by molar-refractivity contribution is 6.09. The summed E-state index contributed by atoms with van der Waals surface area (Å²) in [4.78, 5) is 24.3. The number of carbonyl (C=O) groups excluding carboxylic acids is 1. The van der Waals surface area contributed by atoms with Gasteiger partial charge in [-0.15, -0.1) is 10.2 Å². The molecule has 0 saturated heterocycles. The number of nitrogens with zero attached hydrogens (tertiary/aromatic N) is 7. The first-order valence-corrected chi connectivity index (χ1v) is 10.9. The molecule has 8 nitrogen and oxygen atoms in total. The molecule has 8 heteroatoms. The first-order valence-electron chi connectivity index (χ1n) is 10.9. The molecule has 0 spiro atoms. The fourth-order valence-corrected chi connectivity index (χ4v) is 4.21. The molecule has 1 saturated carbocycles. The molecule has 2 aliphatic rings. The van der Waals surface area contributed by atoms with E-state index in [4.69, 9.17) is 4.98 Å². The lowest BCUT2D eigenvalue weighted by atomic mass is 10.1. The van der Waals surface area contributed by atoms with Gasteiger partial charge in [-0.1, -0.05) is 12.1 Å². The predicted octanol–water partition coefficient (Wildman–Crippen LogP) is 4.14. The van der Waals surface area contributed by atoms with Gasteiger partial charge < -0.3 is 9.13 Å². The van der Waals surface area contributed by atoms with E-state index in [1.165, 1.54) is 12.8 Å². The van der Waals surface area contributed by atoms with Crippen molar-refractivity contribution in [2.45, 2.75) is 45.2 Å². The summed E-state index contributed by atoms with van der Waals surface area (Å²) in [6, 6.07) is 11.9. The number of carbonyl (C=O) groups is 1. The minimum atomic E-state index is -0.0423. The number of benzene rings is 1. The Balaban J connectivity index is 1.30. The van der Waals surface area contributed by atoms with Crippen molar-refractivity contribution < 1.29 is 4.79 Å². The molecule has 0 unspecified atom stereocenters. The highest BCUT2D eigenvalue weighted by atomic mass is 16.2. The highest BCUT2D eigenvalue weighted by Crippen LogP contribution is 2.39. The second-order valence-corrected chi connectivity index (χ2v) is 8.75. The molecule has 1 aliphatic heterocycles. The zero-order valence-corrected chi connectivity index (χ0v) is 18.0. The Morgan fingerprint density at radius 3 is 2.78 bits per heavy atom. The molecule has 1 fully saturated rings. The lowest BCUT2D eigenvalue weighted by Crippen LogP contribution is -2.24. The van der Waals surface area contributed by atoms with Crippen LogP contribution in [0.25, 0.3) is 17.2 Å². The van der Waals surface area contributed by atoms with Crippen molar-refractivity contribution in [1.29, 1.82) is 0 Å². The first-order chi connectivity index (χ1) is 15.6. The molecular weight excluding hydrogens is 402 g/mol. The van der Waals surface area contributed by atoms with E-state index < -0.39 is 0 Å². The van der Waals surface area contributed by atoms with Crippen molar-refractivity contribution in [2.24, 2.45) is 0 Å². The zero-order valence-electron chi connectivity index (χ0n) is 18.0. The number of fused-ring (bicyclic) bond motifs is 1. The monoisotopic (exact) mass is 425 g/mol. The minimum absolute atomic E-state index is 0.0423. The lowest BCUT2D eigenvalue weighted by molar-refractivity contribution is 0.0996. The second kappa shape index (κ2) is 7.12. The van der Waals surface area contributed by atoms with Crippen LogP contribution < -0.4 is 4.90 Å². The molecule has 0 radical (unpaired) electrons. The van der Waals surface area contributed by atoms with Crippen LogP contribution in [0.3, 0.4) is 0 Å². The zero-order chi connectivity index (χ0) is 21.8. The van der Waals surface area contributed by atoms with E-state index in [1.54, 1.807) is 11.2 Å². The lowest BCUT2D eigenvalue weighted by Gasteiger charge is -2.16. The maximum absolute atomic E-state index is 13.3. The molecule has 4 aromatic rings. The fourth-order valence-electron chi connectivity index (χ4n) is 4.21. The third kappa shape index (κ3) is 3.10. The molecule has 1 aromatic carbocycles. The van der Waals surface area contributed by atoms with Crippen LogP contribution in [0, 0.1) is 0 Å². The minimum Gasteiger partial charge on any atom is -0.310 e. The summed E-state index contributed by atoms with van der Waals surface area (Å²) in [6.45, 7) is 4.64. The van der Waals surface area contributed by atoms with Gasteiger partial charge in [0, 0.05) is 29.4 Å². The van der Waals surface area contributed by atoms with Crippen LogP contribution >= 0.6 is 0 Å². The summed E-state index contributed by atoms with van der Waals surface area (Å²) in [5.74, 6) is 1.86. The maximum atomic E-state index is 13.3. The number of imidazole rings is 1. The van der Waals surface area contributed by atoms with E-state index in [9.17, 15) is 4.79 Å². The highest BCUT2D eigenvalue weighted by Gasteiger charge is 2.30. The van der Waals surface area contributed by atoms with Crippen LogP contribution in [-0.2, 0) is 6.54 Å². The van der Waals surface area contributed by atoms with Crippen molar-refractivity contribution in [1.82, 2.24) is 29.3 Å². The van der Waals surface area contributed by atoms with Crippen LogP contribution in [-0.4, -0.2) is 35.2 Å². The average molecular weight is 425 g/mol. The van der Waals surface area contributed by atoms with Crippen molar-refractivity contribution in [3.05, 3.63) is 72.1 Å². The Morgan fingerprint density at radius 2 is 1.97 bits per heavy atom. The van der Waals surface area contributed by atoms with Crippen molar-refractivity contribution >= 4 is 11.7 Å². The standard InChI is InChI=1S/C24H23N7O/c1-15(2)31-14-26-28-23(31)20-4-3-5-22(27-20)30-11-17-8-9-18(10-19(17)24(30)32)29-12-21(25-13-29)16-6-7-16/h3-5,8-10,12-16H,6-7,11H2,1-2H3. The third-order valence-electron chi connectivity index (χ3n) is 6.16. The summed E-state index contributed by atoms with van der Waals surface area (Å²) in [6.07, 6.45) is 8.05. The van der Waals surface area contributed by atoms with Gasteiger partial charge in [-0.2, -0.15) is 0 Å². The van der Waals surface area contributed by atoms with Gasteiger partial charge in [0.25, 0.3) is 5.91 Å². The number of pyridine rings is 1. The number of hydrogen-bond donors (Lipinski definition) is 0. The van der Waals surface area contributed by atoms with Crippen LogP contribution in [0.2, 0.25) is 0 Å². The van der Waals surface area contributed by atoms with Gasteiger partial charge >= 0.3 is 0 Å². The molecule has 4 heterocycles. The first kappa shape index (κ1) is 18.9. The summed E-state index contributed by atoms with van der Waals surface area (Å²) >= 11 is 0. The SMILES string of the molecule is CC(C)n1cnnc1-c1cccc(N2Cc3ccc(-n4cnc(C5CC5)c4)cc3C2=O)n1. The van der Waals surface area contributed by atoms with E-state index >= 15 is 0 Å². The quantitative estimate of drug-likeness (QED) is 0.480. The number of hydrogen-bond acceptors (Lipinski definition) is 5. The normalized spacial score (nSPS) is 15.6. The molecule has 0 atom stereocenters. The van der Waals surface area contributed by atoms with Crippen LogP contribution in [0.15, 0.2) is 55.2 Å². The fraction of sp³-hybridized carbons (Fsp3) is 0.292. The number of anilines is 1. The maximum Gasteiger partial charge on any atom is 0.260 e. The molecule has 3 aromatic heterocycles. The molecule has 160 valence electrons. The van der Waals surface area contributed by atoms with Crippen LogP contribution in [0.4, 0.5) is 5.82 Å². The summed E-state index contributed by atoms with van der Waals surface area (Å²) in [5, 5.41) is 8.27. The summed E-state index contributed by atoms with van der Waals surface area (Å²) in [7, 11) is 0. The smallest absolute Gasteiger partial charge is 0.260 e. The van der Waals surface area contributed by atoms with E-state index in [0.29, 0.717) is 35.4 Å². The van der Waals surface area contributed by atoms with Gasteiger partial charge in [-0.25, -0.2) is 9.97 Å². The van der Waals surface area contributed by atoms with Gasteiger partial charge in [-0.05, 0) is 56.5 Å². The third-order valence-corrected chi connectivity index (χ3v) is 6.16. The van der Waals surface area contributed by atoms with Crippen molar-refractivity contribution in [2.75, 3.05) is 4.90 Å². The average Bonchev–Trinajstić information content (AvgIpc) is 3.22. The van der Waals surface area contributed by atoms with Gasteiger partial charge in [0.1, 0.15) is 17.8 Å². The van der Waals surface area contributed by atoms with Gasteiger partial charge in [-0.3, -0.25) is 9.69 Å². The second-order valence-electron chi connectivity index (χ2n) is 8.75. The van der Waals surface area contributed by atoms with Gasteiger partial charge in [0.05, 0.1) is 18.6 Å². The number of amides is 1. The Labute approximate surface area is 185 Å². The van der Waals surface area contributed by atoms with Crippen LogP contribution in [0.1, 0.15) is 60.3 Å².